The number of hydrogen-bond acceptors (Lipinski definition) is 3. The summed E-state index contributed by atoms with van der Waals surface area (Å²) in [5.41, 5.74) is -0.687. The highest BCUT2D eigenvalue weighted by Crippen LogP contribution is 2.09. The van der Waals surface area contributed by atoms with Gasteiger partial charge in [0.1, 0.15) is 0 Å². The van der Waals surface area contributed by atoms with Gasteiger partial charge >= 0.3 is 0 Å². The molecule has 0 spiro atoms. The molecule has 80 valence electrons. The van der Waals surface area contributed by atoms with Gasteiger partial charge in [0.2, 0.25) is 0 Å². The molecule has 3 heteroatoms. The Hall–Kier alpha value is -0.120. The Kier molecular flexibility index (Phi) is 5.53. The molecule has 0 bridgehead atoms. The second-order valence-electron chi connectivity index (χ2n) is 4.31. The Morgan fingerprint density at radius 2 is 1.85 bits per heavy atom. The second kappa shape index (κ2) is 5.58. The van der Waals surface area contributed by atoms with E-state index >= 15 is 0 Å². The first kappa shape index (κ1) is 12.9. The topological polar surface area (TPSA) is 52.5 Å². The maximum absolute atomic E-state index is 9.65. The van der Waals surface area contributed by atoms with Crippen LogP contribution in [0, 0.1) is 0 Å². The average Bonchev–Trinajstić information content (AvgIpc) is 1.99. The van der Waals surface area contributed by atoms with Gasteiger partial charge in [-0.3, -0.25) is 0 Å². The van der Waals surface area contributed by atoms with E-state index in [1.165, 1.54) is 0 Å². The summed E-state index contributed by atoms with van der Waals surface area (Å²) < 4.78 is 0. The van der Waals surface area contributed by atoms with Gasteiger partial charge in [-0.2, -0.15) is 0 Å². The minimum Gasteiger partial charge on any atom is -0.396 e. The van der Waals surface area contributed by atoms with E-state index in [0.717, 1.165) is 12.8 Å². The highest BCUT2D eigenvalue weighted by atomic mass is 16.3. The minimum absolute atomic E-state index is 0.0705. The Balaban J connectivity index is 3.71. The highest BCUT2D eigenvalue weighted by Gasteiger charge is 2.22. The molecule has 0 heterocycles. The largest absolute Gasteiger partial charge is 0.396 e. The van der Waals surface area contributed by atoms with E-state index in [9.17, 15) is 5.11 Å². The van der Waals surface area contributed by atoms with Gasteiger partial charge in [-0.25, -0.2) is 0 Å². The number of rotatable bonds is 6. The summed E-state index contributed by atoms with van der Waals surface area (Å²) in [5, 5.41) is 21.6. The Morgan fingerprint density at radius 1 is 1.31 bits per heavy atom. The molecule has 0 radical (unpaired) electrons. The van der Waals surface area contributed by atoms with Crippen LogP contribution in [-0.2, 0) is 0 Å². The molecule has 0 aliphatic carbocycles. The summed E-state index contributed by atoms with van der Waals surface area (Å²) >= 11 is 0. The van der Waals surface area contributed by atoms with Crippen LogP contribution in [0.25, 0.3) is 0 Å². The minimum atomic E-state index is -0.687. The molecular weight excluding hydrogens is 166 g/mol. The van der Waals surface area contributed by atoms with Crippen LogP contribution in [0.5, 0.6) is 0 Å². The molecule has 0 rings (SSSR count). The van der Waals surface area contributed by atoms with Crippen molar-refractivity contribution in [1.29, 1.82) is 0 Å². The Morgan fingerprint density at radius 3 is 2.23 bits per heavy atom. The zero-order valence-electron chi connectivity index (χ0n) is 9.17. The van der Waals surface area contributed by atoms with E-state index < -0.39 is 5.60 Å². The van der Waals surface area contributed by atoms with E-state index in [1.54, 1.807) is 13.8 Å². The fourth-order valence-electron chi connectivity index (χ4n) is 1.11. The lowest BCUT2D eigenvalue weighted by Crippen LogP contribution is -2.48. The monoisotopic (exact) mass is 189 g/mol. The lowest BCUT2D eigenvalue weighted by molar-refractivity contribution is 0.0399. The van der Waals surface area contributed by atoms with Crippen molar-refractivity contribution < 1.29 is 10.2 Å². The maximum atomic E-state index is 9.65. The van der Waals surface area contributed by atoms with Crippen LogP contribution in [0.15, 0.2) is 0 Å². The normalized spacial score (nSPS) is 17.1. The number of hydrogen-bond donors (Lipinski definition) is 3. The van der Waals surface area contributed by atoms with Crippen molar-refractivity contribution in [1.82, 2.24) is 5.32 Å². The van der Waals surface area contributed by atoms with E-state index in [2.05, 4.69) is 12.2 Å². The van der Waals surface area contributed by atoms with Crippen LogP contribution in [0.2, 0.25) is 0 Å². The Bertz CT molecular complexity index is 131. The molecule has 0 saturated carbocycles. The molecule has 0 aromatic carbocycles. The van der Waals surface area contributed by atoms with Gasteiger partial charge in [0.15, 0.2) is 0 Å². The van der Waals surface area contributed by atoms with Crippen molar-refractivity contribution >= 4 is 0 Å². The van der Waals surface area contributed by atoms with Crippen molar-refractivity contribution in [2.24, 2.45) is 0 Å². The van der Waals surface area contributed by atoms with Gasteiger partial charge in [-0.1, -0.05) is 0 Å². The lowest BCUT2D eigenvalue weighted by atomic mass is 9.99. The van der Waals surface area contributed by atoms with Crippen LogP contribution >= 0.6 is 0 Å². The third-order valence-electron chi connectivity index (χ3n) is 2.39. The molecule has 0 saturated heterocycles. The van der Waals surface area contributed by atoms with E-state index in [0.29, 0.717) is 6.04 Å². The summed E-state index contributed by atoms with van der Waals surface area (Å²) in [6, 6.07) is 0.412. The summed E-state index contributed by atoms with van der Waals surface area (Å²) in [4.78, 5) is 0. The lowest BCUT2D eigenvalue weighted by Gasteiger charge is -2.29. The molecule has 3 N–H and O–H groups in total. The molecule has 0 aromatic heterocycles. The molecule has 0 aromatic rings. The standard InChI is InChI=1S/C10H23NO2/c1-8(6-5-7-12)11-9(2)10(3,4)13/h8-9,11-13H,5-7H2,1-4H3. The number of aliphatic hydroxyl groups is 2. The fourth-order valence-corrected chi connectivity index (χ4v) is 1.11. The maximum Gasteiger partial charge on any atom is 0.0741 e. The van der Waals surface area contributed by atoms with Crippen LogP contribution in [-0.4, -0.2) is 34.5 Å². The summed E-state index contributed by atoms with van der Waals surface area (Å²) in [5.74, 6) is 0. The molecule has 0 fully saturated rings. The van der Waals surface area contributed by atoms with Gasteiger partial charge in [0.05, 0.1) is 5.60 Å². The van der Waals surface area contributed by atoms with Crippen molar-refractivity contribution in [3.8, 4) is 0 Å². The zero-order chi connectivity index (χ0) is 10.5. The van der Waals surface area contributed by atoms with Gasteiger partial charge in [-0.05, 0) is 40.5 Å². The van der Waals surface area contributed by atoms with Crippen LogP contribution in [0.1, 0.15) is 40.5 Å². The van der Waals surface area contributed by atoms with Crippen LogP contribution in [0.4, 0.5) is 0 Å². The SMILES string of the molecule is CC(CCCO)NC(C)C(C)(C)O. The molecule has 2 atom stereocenters. The zero-order valence-corrected chi connectivity index (χ0v) is 9.17. The third-order valence-corrected chi connectivity index (χ3v) is 2.39. The van der Waals surface area contributed by atoms with E-state index in [4.69, 9.17) is 5.11 Å². The van der Waals surface area contributed by atoms with E-state index in [1.807, 2.05) is 6.92 Å². The number of nitrogens with one attached hydrogen (secondary N) is 1. The van der Waals surface area contributed by atoms with Crippen molar-refractivity contribution in [2.75, 3.05) is 6.61 Å². The molecule has 2 unspecified atom stereocenters. The second-order valence-corrected chi connectivity index (χ2v) is 4.31. The smallest absolute Gasteiger partial charge is 0.0741 e. The molecular formula is C10H23NO2. The first-order valence-corrected chi connectivity index (χ1v) is 4.97. The molecule has 0 aliphatic rings. The van der Waals surface area contributed by atoms with E-state index in [-0.39, 0.29) is 12.6 Å². The van der Waals surface area contributed by atoms with Crippen molar-refractivity contribution in [3.63, 3.8) is 0 Å². The predicted molar refractivity (Wildman–Crippen MR) is 54.7 cm³/mol. The highest BCUT2D eigenvalue weighted by molar-refractivity contribution is 4.81. The molecule has 0 amide bonds. The summed E-state index contributed by atoms with van der Waals surface area (Å²) in [7, 11) is 0. The van der Waals surface area contributed by atoms with Crippen LogP contribution < -0.4 is 5.32 Å². The quantitative estimate of drug-likeness (QED) is 0.582. The van der Waals surface area contributed by atoms with Gasteiger partial charge in [-0.15, -0.1) is 0 Å². The summed E-state index contributed by atoms with van der Waals surface area (Å²) in [6.45, 7) is 7.86. The predicted octanol–water partition coefficient (Wildman–Crippen LogP) is 0.896. The first-order valence-electron chi connectivity index (χ1n) is 4.97. The van der Waals surface area contributed by atoms with Gasteiger partial charge in [0.25, 0.3) is 0 Å². The Labute approximate surface area is 81.2 Å². The molecule has 13 heavy (non-hydrogen) atoms. The van der Waals surface area contributed by atoms with Gasteiger partial charge in [0, 0.05) is 18.7 Å². The van der Waals surface area contributed by atoms with Crippen molar-refractivity contribution in [2.45, 2.75) is 58.2 Å². The van der Waals surface area contributed by atoms with Gasteiger partial charge < -0.3 is 15.5 Å². The first-order chi connectivity index (χ1) is 5.88. The fraction of sp³-hybridized carbons (Fsp3) is 1.00. The molecule has 3 nitrogen and oxygen atoms in total. The number of aliphatic hydroxyl groups excluding tert-OH is 1. The third kappa shape index (κ3) is 6.02. The summed E-state index contributed by atoms with van der Waals surface area (Å²) in [6.07, 6.45) is 1.75. The molecule has 0 aliphatic heterocycles. The average molecular weight is 189 g/mol. The van der Waals surface area contributed by atoms with Crippen molar-refractivity contribution in [3.05, 3.63) is 0 Å². The van der Waals surface area contributed by atoms with Crippen LogP contribution in [0.3, 0.4) is 0 Å².